The first-order valence-corrected chi connectivity index (χ1v) is 14.1. The van der Waals surface area contributed by atoms with E-state index in [1.807, 2.05) is 12.1 Å². The van der Waals surface area contributed by atoms with E-state index in [1.165, 1.54) is 41.4 Å². The lowest BCUT2D eigenvalue weighted by atomic mass is 9.88. The molecule has 2 fully saturated rings. The van der Waals surface area contributed by atoms with E-state index in [4.69, 9.17) is 11.6 Å². The number of nitrogens with one attached hydrogen (secondary N) is 1. The molecule has 43 heavy (non-hydrogen) atoms. The van der Waals surface area contributed by atoms with Crippen LogP contribution < -0.4 is 15.2 Å². The van der Waals surface area contributed by atoms with Crippen molar-refractivity contribution in [2.45, 2.75) is 49.9 Å². The minimum Gasteiger partial charge on any atom is -0.351 e. The van der Waals surface area contributed by atoms with Crippen molar-refractivity contribution in [1.82, 2.24) is 10.3 Å². The molecule has 12 heteroatoms. The Balaban J connectivity index is 1.46. The first-order valence-electron chi connectivity index (χ1n) is 13.7. The molecule has 1 aliphatic heterocycles. The predicted octanol–water partition coefficient (Wildman–Crippen LogP) is 6.34. The molecule has 2 aliphatic rings. The molecular weight excluding hydrogens is 583 g/mol. The Labute approximate surface area is 249 Å². The van der Waals surface area contributed by atoms with Crippen molar-refractivity contribution in [2.24, 2.45) is 0 Å². The molecule has 0 unspecified atom stereocenters. The summed E-state index contributed by atoms with van der Waals surface area (Å²) in [7, 11) is 0. The van der Waals surface area contributed by atoms with Gasteiger partial charge in [0.15, 0.2) is 6.04 Å². The van der Waals surface area contributed by atoms with Gasteiger partial charge in [0.2, 0.25) is 5.91 Å². The Morgan fingerprint density at radius 3 is 2.56 bits per heavy atom. The monoisotopic (exact) mass is 608 g/mol. The molecule has 8 nitrogen and oxygen atoms in total. The summed E-state index contributed by atoms with van der Waals surface area (Å²) in [5.41, 5.74) is 0.191. The molecule has 1 aromatic heterocycles. The lowest BCUT2D eigenvalue weighted by Gasteiger charge is -2.37. The number of aromatic nitrogens is 1. The summed E-state index contributed by atoms with van der Waals surface area (Å²) in [5, 5.41) is 5.21. The fourth-order valence-electron chi connectivity index (χ4n) is 5.70. The average molecular weight is 609 g/mol. The number of pyridine rings is 1. The number of carbonyl (C=O) groups is 2. The second kappa shape index (κ2) is 11.3. The molecule has 0 radical (unpaired) electrons. The van der Waals surface area contributed by atoms with Crippen LogP contribution in [0.3, 0.4) is 0 Å². The highest BCUT2D eigenvalue weighted by molar-refractivity contribution is 6.31. The van der Waals surface area contributed by atoms with Gasteiger partial charge in [-0.25, -0.2) is 23.1 Å². The van der Waals surface area contributed by atoms with Crippen LogP contribution in [0.25, 0.3) is 10.8 Å². The zero-order chi connectivity index (χ0) is 30.3. The van der Waals surface area contributed by atoms with Crippen LogP contribution in [-0.2, 0) is 9.59 Å². The Hall–Kier alpha value is -4.51. The number of alkyl halides is 2. The zero-order valence-electron chi connectivity index (χ0n) is 22.7. The third-order valence-electron chi connectivity index (χ3n) is 7.73. The van der Waals surface area contributed by atoms with Crippen LogP contribution in [0.5, 0.6) is 0 Å². The zero-order valence-corrected chi connectivity index (χ0v) is 23.4. The molecule has 4 aromatic rings. The van der Waals surface area contributed by atoms with Gasteiger partial charge < -0.3 is 5.32 Å². The third-order valence-corrected chi connectivity index (χ3v) is 8.08. The van der Waals surface area contributed by atoms with E-state index >= 15 is 0 Å². The molecule has 220 valence electrons. The topological polar surface area (TPSA) is 85.6 Å². The number of hydrazine groups is 1. The highest BCUT2D eigenvalue weighted by atomic mass is 35.5. The van der Waals surface area contributed by atoms with Crippen molar-refractivity contribution in [3.05, 3.63) is 106 Å². The number of fused-ring (bicyclic) bond motifs is 1. The fraction of sp³-hybridized carbons (Fsp3) is 0.258. The maximum atomic E-state index is 14.6. The second-order valence-electron chi connectivity index (χ2n) is 10.7. The summed E-state index contributed by atoms with van der Waals surface area (Å²) in [6.07, 6.45) is -0.649. The van der Waals surface area contributed by atoms with Crippen molar-refractivity contribution < 1.29 is 27.6 Å². The van der Waals surface area contributed by atoms with Gasteiger partial charge in [0.25, 0.3) is 11.8 Å². The smallest absolute Gasteiger partial charge is 0.317 e. The summed E-state index contributed by atoms with van der Waals surface area (Å²) >= 11 is 6.54. The normalized spacial score (nSPS) is 18.7. The number of nitroso groups, excluding NO2 is 1. The lowest BCUT2D eigenvalue weighted by Crippen LogP contribution is -2.56. The van der Waals surface area contributed by atoms with Crippen molar-refractivity contribution in [3.63, 3.8) is 0 Å². The number of hydrogen-bond acceptors (Lipinski definition) is 4. The summed E-state index contributed by atoms with van der Waals surface area (Å²) < 4.78 is 41.9. The quantitative estimate of drug-likeness (QED) is 0.186. The number of benzene rings is 3. The Kier molecular flexibility index (Phi) is 7.51. The van der Waals surface area contributed by atoms with Crippen molar-refractivity contribution >= 4 is 45.7 Å². The molecule has 1 aliphatic carbocycles. The van der Waals surface area contributed by atoms with Crippen molar-refractivity contribution in [2.75, 3.05) is 9.91 Å². The van der Waals surface area contributed by atoms with Crippen LogP contribution in [0, 0.1) is 10.7 Å². The minimum absolute atomic E-state index is 0.000753. The Morgan fingerprint density at radius 2 is 1.81 bits per heavy atom. The van der Waals surface area contributed by atoms with E-state index in [0.29, 0.717) is 10.3 Å². The SMILES string of the molecule is O=C(NC1CC(F)(F)C1)[C@H](c1ccccc1Cl)N(c1cccc(F)c1)[N+](=O)[C@@H]1CCC(=O)N1c1nccc2ccccc12. The maximum absolute atomic E-state index is 14.6. The number of carbonyl (C=O) groups excluding carboxylic acids is 2. The lowest BCUT2D eigenvalue weighted by molar-refractivity contribution is -0.598. The number of hydrogen-bond donors (Lipinski definition) is 1. The largest absolute Gasteiger partial charge is 0.351 e. The second-order valence-corrected chi connectivity index (χ2v) is 11.1. The molecule has 0 bridgehead atoms. The van der Waals surface area contributed by atoms with Gasteiger partial charge >= 0.3 is 6.17 Å². The van der Waals surface area contributed by atoms with E-state index < -0.39 is 48.7 Å². The van der Waals surface area contributed by atoms with Gasteiger partial charge in [-0.3, -0.25) is 9.59 Å². The van der Waals surface area contributed by atoms with Crippen LogP contribution in [0.2, 0.25) is 5.02 Å². The number of halogens is 4. The highest BCUT2D eigenvalue weighted by Crippen LogP contribution is 2.40. The average Bonchev–Trinajstić information content (AvgIpc) is 3.35. The predicted molar refractivity (Wildman–Crippen MR) is 155 cm³/mol. The van der Waals surface area contributed by atoms with Gasteiger partial charge in [-0.15, -0.1) is 0 Å². The summed E-state index contributed by atoms with van der Waals surface area (Å²) in [5.74, 6) is -4.45. The molecule has 0 spiro atoms. The molecule has 2 heterocycles. The summed E-state index contributed by atoms with van der Waals surface area (Å²) in [4.78, 5) is 48.0. The van der Waals surface area contributed by atoms with E-state index in [1.54, 1.807) is 30.3 Å². The maximum Gasteiger partial charge on any atom is 0.317 e. The molecule has 2 atom stereocenters. The number of nitrogens with zero attached hydrogens (tertiary/aromatic N) is 4. The van der Waals surface area contributed by atoms with Crippen LogP contribution in [0.15, 0.2) is 85.1 Å². The van der Waals surface area contributed by atoms with Crippen molar-refractivity contribution in [1.29, 1.82) is 0 Å². The Morgan fingerprint density at radius 1 is 1.07 bits per heavy atom. The van der Waals surface area contributed by atoms with E-state index in [-0.39, 0.29) is 40.8 Å². The van der Waals surface area contributed by atoms with E-state index in [0.717, 1.165) is 16.5 Å². The first-order chi connectivity index (χ1) is 20.6. The summed E-state index contributed by atoms with van der Waals surface area (Å²) in [6, 6.07) is 18.1. The minimum atomic E-state index is -2.90. The van der Waals surface area contributed by atoms with Crippen LogP contribution in [-0.4, -0.2) is 39.8 Å². The van der Waals surface area contributed by atoms with E-state index in [9.17, 15) is 27.7 Å². The van der Waals surface area contributed by atoms with Crippen LogP contribution in [0.4, 0.5) is 24.7 Å². The van der Waals surface area contributed by atoms with Gasteiger partial charge in [0.1, 0.15) is 22.2 Å². The van der Waals surface area contributed by atoms with Crippen molar-refractivity contribution in [3.8, 4) is 0 Å². The Bertz CT molecular complexity index is 1720. The van der Waals surface area contributed by atoms with E-state index in [2.05, 4.69) is 10.3 Å². The third kappa shape index (κ3) is 5.52. The molecule has 1 saturated heterocycles. The molecule has 1 N–H and O–H groups in total. The fourth-order valence-corrected chi connectivity index (χ4v) is 5.93. The first kappa shape index (κ1) is 28.6. The van der Waals surface area contributed by atoms with Crippen LogP contribution >= 0.6 is 11.6 Å². The van der Waals surface area contributed by atoms with Gasteiger partial charge in [-0.1, -0.05) is 65.1 Å². The highest BCUT2D eigenvalue weighted by Gasteiger charge is 2.52. The van der Waals surface area contributed by atoms with Gasteiger partial charge in [-0.05, 0) is 29.7 Å². The standard InChI is InChI=1S/C31H25ClF3N5O3/c32-25-11-4-3-10-24(25)28(30(42)37-21-17-31(34,35)18-21)39(22-8-5-7-20(33)16-22)40(43)26-12-13-27(41)38(26)29-23-9-2-1-6-19(23)14-15-36-29/h1-11,14-16,21,26,28H,12-13,17-18H2/p+1/t26-,28+/m1/s1. The van der Waals surface area contributed by atoms with Gasteiger partial charge in [0.05, 0.1) is 4.91 Å². The number of anilines is 2. The van der Waals surface area contributed by atoms with Gasteiger partial charge in [0, 0.05) is 60.0 Å². The molecule has 2 amide bonds. The number of rotatable bonds is 8. The van der Waals surface area contributed by atoms with Gasteiger partial charge in [-0.2, -0.15) is 0 Å². The van der Waals surface area contributed by atoms with Crippen LogP contribution in [0.1, 0.15) is 37.3 Å². The molecular formula is C31H26ClF3N5O3+. The molecule has 6 rings (SSSR count). The number of amides is 2. The molecule has 3 aromatic carbocycles. The summed E-state index contributed by atoms with van der Waals surface area (Å²) in [6.45, 7) is 0. The molecule has 1 saturated carbocycles.